The third kappa shape index (κ3) is 10.3. The molecule has 0 heterocycles. The quantitative estimate of drug-likeness (QED) is 0.126. The number of hydrogen-bond donors (Lipinski definition) is 8. The SMILES string of the molecule is CC(C)C[C@H](NC(=O)[C@@H](NC(=O)[C@H](CS)NC(=O)CN)C(C)C)C(=O)N[C@@H](CO)C(=O)O. The van der Waals surface area contributed by atoms with Gasteiger partial charge in [-0.3, -0.25) is 19.2 Å². The third-order valence-electron chi connectivity index (χ3n) is 4.40. The first-order valence-corrected chi connectivity index (χ1v) is 10.9. The molecule has 0 aliphatic heterocycles. The molecule has 0 unspecified atom stereocenters. The number of carboxylic acid groups (broad SMARTS) is 1. The molecule has 32 heavy (non-hydrogen) atoms. The van der Waals surface area contributed by atoms with Crippen LogP contribution in [0.2, 0.25) is 0 Å². The van der Waals surface area contributed by atoms with Crippen molar-refractivity contribution in [2.24, 2.45) is 17.6 Å². The van der Waals surface area contributed by atoms with Crippen LogP contribution >= 0.6 is 12.6 Å². The van der Waals surface area contributed by atoms with Gasteiger partial charge in [0.2, 0.25) is 23.6 Å². The summed E-state index contributed by atoms with van der Waals surface area (Å²) >= 11 is 4.03. The summed E-state index contributed by atoms with van der Waals surface area (Å²) < 4.78 is 0. The summed E-state index contributed by atoms with van der Waals surface area (Å²) in [5, 5.41) is 27.8. The number of nitrogens with one attached hydrogen (secondary N) is 4. The van der Waals surface area contributed by atoms with Gasteiger partial charge in [0, 0.05) is 5.75 Å². The average Bonchev–Trinajstić information content (AvgIpc) is 2.71. The minimum Gasteiger partial charge on any atom is -0.480 e. The molecule has 0 bridgehead atoms. The summed E-state index contributed by atoms with van der Waals surface area (Å²) in [6, 6.07) is -4.67. The molecule has 0 rings (SSSR count). The zero-order valence-corrected chi connectivity index (χ0v) is 19.6. The standard InChI is InChI=1S/C19H35N5O7S/c1-9(2)5-11(16(27)23-12(7-25)19(30)31)22-18(29)15(10(3)4)24-17(28)13(8-32)21-14(26)6-20/h9-13,15,25,32H,5-8,20H2,1-4H3,(H,21,26)(H,22,29)(H,23,27)(H,24,28)(H,30,31)/t11-,12-,13-,15-/m0/s1. The number of carbonyl (C=O) groups excluding carboxylic acids is 4. The minimum atomic E-state index is -1.52. The molecule has 4 atom stereocenters. The van der Waals surface area contributed by atoms with E-state index in [0.29, 0.717) is 0 Å². The van der Waals surface area contributed by atoms with Gasteiger partial charge in [0.05, 0.1) is 13.2 Å². The Morgan fingerprint density at radius 2 is 1.38 bits per heavy atom. The topological polar surface area (TPSA) is 200 Å². The Morgan fingerprint density at radius 1 is 0.844 bits per heavy atom. The molecule has 0 radical (unpaired) electrons. The second-order valence-electron chi connectivity index (χ2n) is 8.01. The minimum absolute atomic E-state index is 0.0277. The van der Waals surface area contributed by atoms with Crippen LogP contribution in [0.25, 0.3) is 0 Å². The van der Waals surface area contributed by atoms with Crippen LogP contribution < -0.4 is 27.0 Å². The zero-order valence-electron chi connectivity index (χ0n) is 18.8. The van der Waals surface area contributed by atoms with Crippen LogP contribution in [0, 0.1) is 11.8 Å². The van der Waals surface area contributed by atoms with Gasteiger partial charge in [-0.05, 0) is 18.3 Å². The first kappa shape index (κ1) is 29.6. The van der Waals surface area contributed by atoms with E-state index in [1.807, 2.05) is 13.8 Å². The average molecular weight is 478 g/mol. The lowest BCUT2D eigenvalue weighted by Crippen LogP contribution is -2.59. The van der Waals surface area contributed by atoms with Crippen LogP contribution in [0.3, 0.4) is 0 Å². The number of aliphatic hydroxyl groups excluding tert-OH is 1. The van der Waals surface area contributed by atoms with E-state index >= 15 is 0 Å². The summed E-state index contributed by atoms with van der Waals surface area (Å²) in [4.78, 5) is 60.6. The van der Waals surface area contributed by atoms with Crippen LogP contribution in [0.4, 0.5) is 0 Å². The van der Waals surface area contributed by atoms with Gasteiger partial charge in [-0.15, -0.1) is 0 Å². The maximum Gasteiger partial charge on any atom is 0.328 e. The molecule has 0 saturated carbocycles. The van der Waals surface area contributed by atoms with Gasteiger partial charge >= 0.3 is 5.97 Å². The molecule has 13 heteroatoms. The van der Waals surface area contributed by atoms with Crippen molar-refractivity contribution in [2.75, 3.05) is 18.9 Å². The number of nitrogens with two attached hydrogens (primary N) is 1. The Hall–Kier alpha value is -2.38. The molecule has 0 aromatic heterocycles. The number of aliphatic hydroxyl groups is 1. The van der Waals surface area contributed by atoms with E-state index in [1.54, 1.807) is 13.8 Å². The second kappa shape index (κ2) is 14.6. The van der Waals surface area contributed by atoms with E-state index in [4.69, 9.17) is 15.9 Å². The number of carbonyl (C=O) groups is 5. The molecular formula is C19H35N5O7S. The maximum atomic E-state index is 12.9. The molecule has 0 aliphatic rings. The third-order valence-corrected chi connectivity index (χ3v) is 4.77. The summed E-state index contributed by atoms with van der Waals surface area (Å²) in [5.41, 5.74) is 5.24. The second-order valence-corrected chi connectivity index (χ2v) is 8.37. The highest BCUT2D eigenvalue weighted by Gasteiger charge is 2.32. The lowest BCUT2D eigenvalue weighted by Gasteiger charge is -2.28. The highest BCUT2D eigenvalue weighted by molar-refractivity contribution is 7.80. The van der Waals surface area contributed by atoms with Gasteiger partial charge in [-0.2, -0.15) is 12.6 Å². The monoisotopic (exact) mass is 477 g/mol. The lowest BCUT2D eigenvalue weighted by molar-refractivity contribution is -0.143. The van der Waals surface area contributed by atoms with Gasteiger partial charge < -0.3 is 37.2 Å². The number of thiol groups is 1. The molecule has 8 N–H and O–H groups in total. The Bertz CT molecular complexity index is 674. The van der Waals surface area contributed by atoms with Gasteiger partial charge in [-0.1, -0.05) is 27.7 Å². The summed E-state index contributed by atoms with van der Waals surface area (Å²) in [6.45, 7) is 5.86. The van der Waals surface area contributed by atoms with Crippen molar-refractivity contribution in [1.29, 1.82) is 0 Å². The lowest BCUT2D eigenvalue weighted by atomic mass is 9.99. The number of amides is 4. The van der Waals surface area contributed by atoms with E-state index in [0.717, 1.165) is 0 Å². The zero-order chi connectivity index (χ0) is 25.0. The fourth-order valence-electron chi connectivity index (χ4n) is 2.66. The van der Waals surface area contributed by atoms with Crippen molar-refractivity contribution < 1.29 is 34.2 Å². The van der Waals surface area contributed by atoms with Gasteiger partial charge in [-0.25, -0.2) is 4.79 Å². The van der Waals surface area contributed by atoms with E-state index in [9.17, 15) is 24.0 Å². The summed E-state index contributed by atoms with van der Waals surface area (Å²) in [7, 11) is 0. The molecule has 0 aromatic carbocycles. The van der Waals surface area contributed by atoms with E-state index in [-0.39, 0.29) is 30.6 Å². The van der Waals surface area contributed by atoms with E-state index in [1.165, 1.54) is 0 Å². The van der Waals surface area contributed by atoms with Crippen molar-refractivity contribution in [1.82, 2.24) is 21.3 Å². The van der Waals surface area contributed by atoms with Crippen LogP contribution in [0.5, 0.6) is 0 Å². The van der Waals surface area contributed by atoms with Crippen molar-refractivity contribution in [3.63, 3.8) is 0 Å². The highest BCUT2D eigenvalue weighted by Crippen LogP contribution is 2.09. The fraction of sp³-hybridized carbons (Fsp3) is 0.737. The largest absolute Gasteiger partial charge is 0.480 e. The number of aliphatic carboxylic acids is 1. The van der Waals surface area contributed by atoms with Crippen molar-refractivity contribution >= 4 is 42.2 Å². The normalized spacial score (nSPS) is 14.8. The number of hydrogen-bond acceptors (Lipinski definition) is 8. The molecule has 0 saturated heterocycles. The predicted octanol–water partition coefficient (Wildman–Crippen LogP) is -2.41. The molecule has 4 amide bonds. The van der Waals surface area contributed by atoms with Crippen LogP contribution in [-0.4, -0.2) is 82.9 Å². The van der Waals surface area contributed by atoms with Crippen LogP contribution in [0.15, 0.2) is 0 Å². The Labute approximate surface area is 192 Å². The van der Waals surface area contributed by atoms with Gasteiger partial charge in [0.15, 0.2) is 0 Å². The van der Waals surface area contributed by atoms with Gasteiger partial charge in [0.25, 0.3) is 0 Å². The maximum absolute atomic E-state index is 12.9. The van der Waals surface area contributed by atoms with Crippen LogP contribution in [-0.2, 0) is 24.0 Å². The van der Waals surface area contributed by atoms with Crippen LogP contribution in [0.1, 0.15) is 34.1 Å². The molecule has 0 aromatic rings. The number of rotatable bonds is 14. The molecule has 12 nitrogen and oxygen atoms in total. The van der Waals surface area contributed by atoms with Crippen molar-refractivity contribution in [3.8, 4) is 0 Å². The Morgan fingerprint density at radius 3 is 1.78 bits per heavy atom. The van der Waals surface area contributed by atoms with E-state index in [2.05, 4.69) is 33.9 Å². The summed E-state index contributed by atoms with van der Waals surface area (Å²) in [5.74, 6) is -4.49. The van der Waals surface area contributed by atoms with Crippen molar-refractivity contribution in [3.05, 3.63) is 0 Å². The molecule has 0 aliphatic carbocycles. The Kier molecular flexibility index (Phi) is 13.5. The molecule has 0 fully saturated rings. The van der Waals surface area contributed by atoms with Gasteiger partial charge in [0.1, 0.15) is 24.2 Å². The van der Waals surface area contributed by atoms with E-state index < -0.39 is 60.4 Å². The van der Waals surface area contributed by atoms with Crippen molar-refractivity contribution in [2.45, 2.75) is 58.3 Å². The smallest absolute Gasteiger partial charge is 0.328 e. The number of carboxylic acids is 1. The summed E-state index contributed by atoms with van der Waals surface area (Å²) in [6.07, 6.45) is 0.194. The first-order valence-electron chi connectivity index (χ1n) is 10.2. The predicted molar refractivity (Wildman–Crippen MR) is 120 cm³/mol. The highest BCUT2D eigenvalue weighted by atomic mass is 32.1. The molecule has 0 spiro atoms. The Balaban J connectivity index is 5.44. The molecule has 184 valence electrons. The first-order chi connectivity index (χ1) is 14.9. The fourth-order valence-corrected chi connectivity index (χ4v) is 2.92. The molecular weight excluding hydrogens is 442 g/mol.